The van der Waals surface area contributed by atoms with Crippen molar-refractivity contribution in [2.24, 2.45) is 0 Å². The molecule has 0 saturated carbocycles. The molecule has 0 fully saturated rings. The average molecular weight is 429 g/mol. The van der Waals surface area contributed by atoms with E-state index in [-0.39, 0.29) is 6.61 Å². The molecule has 0 unspecified atom stereocenters. The summed E-state index contributed by atoms with van der Waals surface area (Å²) in [5, 5.41) is 13.4. The Labute approximate surface area is 158 Å². The second-order valence-corrected chi connectivity index (χ2v) is 8.47. The smallest absolute Gasteiger partial charge is 0.241 e. The zero-order valence-corrected chi connectivity index (χ0v) is 16.6. The molecule has 2 aromatic rings. The average Bonchev–Trinajstić information content (AvgIpc) is 2.60. The highest BCUT2D eigenvalue weighted by Crippen LogP contribution is 2.28. The molecule has 0 spiro atoms. The first-order valence-corrected chi connectivity index (χ1v) is 10.8. The SMILES string of the molecule is O=S(=O)(NCCCCCCNCCO)c1cccc2c(Br)cccc12. The summed E-state index contributed by atoms with van der Waals surface area (Å²) in [5.74, 6) is 0. The summed E-state index contributed by atoms with van der Waals surface area (Å²) in [6.07, 6.45) is 3.86. The fourth-order valence-corrected chi connectivity index (χ4v) is 4.49. The van der Waals surface area contributed by atoms with E-state index in [0.717, 1.165) is 47.5 Å². The van der Waals surface area contributed by atoms with Gasteiger partial charge in [-0.25, -0.2) is 13.1 Å². The number of fused-ring (bicyclic) bond motifs is 1. The van der Waals surface area contributed by atoms with E-state index in [1.165, 1.54) is 0 Å². The van der Waals surface area contributed by atoms with E-state index in [2.05, 4.69) is 26.0 Å². The second-order valence-electron chi connectivity index (χ2n) is 5.88. The Balaban J connectivity index is 1.85. The summed E-state index contributed by atoms with van der Waals surface area (Å²) in [5.41, 5.74) is 0. The first-order chi connectivity index (χ1) is 12.1. The van der Waals surface area contributed by atoms with E-state index >= 15 is 0 Å². The number of hydrogen-bond donors (Lipinski definition) is 3. The first kappa shape index (κ1) is 20.3. The van der Waals surface area contributed by atoms with Gasteiger partial charge in [0, 0.05) is 22.9 Å². The van der Waals surface area contributed by atoms with Crippen LogP contribution >= 0.6 is 15.9 Å². The third kappa shape index (κ3) is 6.04. The fraction of sp³-hybridized carbons (Fsp3) is 0.444. The molecule has 0 aliphatic carbocycles. The molecule has 0 heterocycles. The van der Waals surface area contributed by atoms with Crippen LogP contribution in [0.2, 0.25) is 0 Å². The molecule has 5 nitrogen and oxygen atoms in total. The van der Waals surface area contributed by atoms with Crippen molar-refractivity contribution in [2.75, 3.05) is 26.2 Å². The van der Waals surface area contributed by atoms with Crippen molar-refractivity contribution in [1.29, 1.82) is 0 Å². The zero-order chi connectivity index (χ0) is 18.1. The minimum Gasteiger partial charge on any atom is -0.395 e. The van der Waals surface area contributed by atoms with Crippen LogP contribution in [0.3, 0.4) is 0 Å². The first-order valence-electron chi connectivity index (χ1n) is 8.55. The van der Waals surface area contributed by atoms with Gasteiger partial charge in [0.1, 0.15) is 0 Å². The number of nitrogens with one attached hydrogen (secondary N) is 2. The maximum Gasteiger partial charge on any atom is 0.241 e. The number of rotatable bonds is 11. The predicted molar refractivity (Wildman–Crippen MR) is 105 cm³/mol. The molecule has 2 rings (SSSR count). The topological polar surface area (TPSA) is 78.4 Å². The van der Waals surface area contributed by atoms with E-state index in [0.29, 0.717) is 18.0 Å². The van der Waals surface area contributed by atoms with Crippen molar-refractivity contribution in [3.05, 3.63) is 40.9 Å². The fourth-order valence-electron chi connectivity index (χ4n) is 2.69. The van der Waals surface area contributed by atoms with Gasteiger partial charge in [0.2, 0.25) is 10.0 Å². The number of sulfonamides is 1. The van der Waals surface area contributed by atoms with Gasteiger partial charge in [-0.3, -0.25) is 0 Å². The van der Waals surface area contributed by atoms with Crippen molar-refractivity contribution in [3.8, 4) is 0 Å². The maximum absolute atomic E-state index is 12.6. The van der Waals surface area contributed by atoms with Crippen LogP contribution in [-0.4, -0.2) is 39.8 Å². The number of aliphatic hydroxyl groups excluding tert-OH is 1. The number of aliphatic hydroxyl groups is 1. The summed E-state index contributed by atoms with van der Waals surface area (Å²) >= 11 is 3.47. The molecular formula is C18H25BrN2O3S. The highest BCUT2D eigenvalue weighted by atomic mass is 79.9. The largest absolute Gasteiger partial charge is 0.395 e. The summed E-state index contributed by atoms with van der Waals surface area (Å²) < 4.78 is 28.8. The Morgan fingerprint density at radius 1 is 0.880 bits per heavy atom. The van der Waals surface area contributed by atoms with E-state index < -0.39 is 10.0 Å². The quantitative estimate of drug-likeness (QED) is 0.480. The standard InChI is InChI=1S/C18H25BrN2O3S/c19-17-9-5-8-16-15(17)7-6-10-18(16)25(23,24)21-12-4-2-1-3-11-20-13-14-22/h5-10,20-22H,1-4,11-14H2. The lowest BCUT2D eigenvalue weighted by atomic mass is 10.1. The number of hydrogen-bond acceptors (Lipinski definition) is 4. The Kier molecular flexibility index (Phi) is 8.32. The second kappa shape index (κ2) is 10.2. The lowest BCUT2D eigenvalue weighted by Gasteiger charge is -2.10. The molecule has 138 valence electrons. The third-order valence-electron chi connectivity index (χ3n) is 3.98. The van der Waals surface area contributed by atoms with Crippen LogP contribution in [0, 0.1) is 0 Å². The molecule has 0 amide bonds. The van der Waals surface area contributed by atoms with Crippen molar-refractivity contribution in [1.82, 2.24) is 10.0 Å². The minimum absolute atomic E-state index is 0.159. The summed E-state index contributed by atoms with van der Waals surface area (Å²) in [6.45, 7) is 2.11. The van der Waals surface area contributed by atoms with Crippen LogP contribution in [-0.2, 0) is 10.0 Å². The van der Waals surface area contributed by atoms with E-state index in [4.69, 9.17) is 5.11 Å². The molecule has 0 radical (unpaired) electrons. The molecule has 0 aliphatic heterocycles. The predicted octanol–water partition coefficient (Wildman–Crippen LogP) is 3.02. The van der Waals surface area contributed by atoms with Crippen LogP contribution in [0.4, 0.5) is 0 Å². The Morgan fingerprint density at radius 3 is 2.32 bits per heavy atom. The third-order valence-corrected chi connectivity index (χ3v) is 6.19. The van der Waals surface area contributed by atoms with Crippen LogP contribution in [0.5, 0.6) is 0 Å². The highest BCUT2D eigenvalue weighted by molar-refractivity contribution is 9.10. The van der Waals surface area contributed by atoms with Gasteiger partial charge < -0.3 is 10.4 Å². The van der Waals surface area contributed by atoms with Gasteiger partial charge in [0.25, 0.3) is 0 Å². The normalized spacial score (nSPS) is 11.9. The number of halogens is 1. The van der Waals surface area contributed by atoms with E-state index in [1.807, 2.05) is 24.3 Å². The summed E-state index contributed by atoms with van der Waals surface area (Å²) in [4.78, 5) is 0.319. The Bertz CT molecular complexity index is 781. The molecule has 0 bridgehead atoms. The number of benzene rings is 2. The summed E-state index contributed by atoms with van der Waals surface area (Å²) in [7, 11) is -3.52. The van der Waals surface area contributed by atoms with Gasteiger partial charge in [0.15, 0.2) is 0 Å². The molecule has 25 heavy (non-hydrogen) atoms. The van der Waals surface area contributed by atoms with E-state index in [1.54, 1.807) is 12.1 Å². The molecule has 0 saturated heterocycles. The van der Waals surface area contributed by atoms with Crippen LogP contribution < -0.4 is 10.0 Å². The lowest BCUT2D eigenvalue weighted by molar-refractivity contribution is 0.292. The molecule has 7 heteroatoms. The van der Waals surface area contributed by atoms with Crippen molar-refractivity contribution >= 4 is 36.7 Å². The van der Waals surface area contributed by atoms with Gasteiger partial charge in [-0.05, 0) is 36.9 Å². The molecule has 3 N–H and O–H groups in total. The van der Waals surface area contributed by atoms with Gasteiger partial charge in [0.05, 0.1) is 11.5 Å². The number of unbranched alkanes of at least 4 members (excludes halogenated alkanes) is 3. The maximum atomic E-state index is 12.6. The molecule has 0 atom stereocenters. The molecular weight excluding hydrogens is 404 g/mol. The lowest BCUT2D eigenvalue weighted by Crippen LogP contribution is -2.25. The summed E-state index contributed by atoms with van der Waals surface area (Å²) in [6, 6.07) is 10.9. The van der Waals surface area contributed by atoms with Crippen LogP contribution in [0.15, 0.2) is 45.8 Å². The highest BCUT2D eigenvalue weighted by Gasteiger charge is 2.17. The Morgan fingerprint density at radius 2 is 1.56 bits per heavy atom. The zero-order valence-electron chi connectivity index (χ0n) is 14.2. The van der Waals surface area contributed by atoms with Crippen molar-refractivity contribution in [3.63, 3.8) is 0 Å². The van der Waals surface area contributed by atoms with E-state index in [9.17, 15) is 8.42 Å². The molecule has 0 aliphatic rings. The van der Waals surface area contributed by atoms with Crippen molar-refractivity contribution < 1.29 is 13.5 Å². The molecule has 0 aromatic heterocycles. The monoisotopic (exact) mass is 428 g/mol. The Hall–Kier alpha value is -0.990. The van der Waals surface area contributed by atoms with Gasteiger partial charge >= 0.3 is 0 Å². The van der Waals surface area contributed by atoms with Crippen LogP contribution in [0.1, 0.15) is 25.7 Å². The molecule has 2 aromatic carbocycles. The van der Waals surface area contributed by atoms with Crippen LogP contribution in [0.25, 0.3) is 10.8 Å². The van der Waals surface area contributed by atoms with Gasteiger partial charge in [-0.1, -0.05) is 53.0 Å². The van der Waals surface area contributed by atoms with Crippen molar-refractivity contribution in [2.45, 2.75) is 30.6 Å². The minimum atomic E-state index is -3.52. The van der Waals surface area contributed by atoms with Gasteiger partial charge in [-0.2, -0.15) is 0 Å². The van der Waals surface area contributed by atoms with Gasteiger partial charge in [-0.15, -0.1) is 0 Å².